The highest BCUT2D eigenvalue weighted by molar-refractivity contribution is 7.99. The van der Waals surface area contributed by atoms with Crippen molar-refractivity contribution < 1.29 is 0 Å². The molecular formula is C13H20N2S. The minimum atomic E-state index is 0.758. The molecule has 1 aromatic carbocycles. The Morgan fingerprint density at radius 3 is 3.06 bits per heavy atom. The van der Waals surface area contributed by atoms with Crippen molar-refractivity contribution in [1.29, 1.82) is 0 Å². The first kappa shape index (κ1) is 11.6. The van der Waals surface area contributed by atoms with Crippen LogP contribution in [-0.2, 0) is 0 Å². The van der Waals surface area contributed by atoms with E-state index in [1.54, 1.807) is 0 Å². The van der Waals surface area contributed by atoms with E-state index in [0.29, 0.717) is 0 Å². The van der Waals surface area contributed by atoms with Gasteiger partial charge in [-0.15, -0.1) is 0 Å². The summed E-state index contributed by atoms with van der Waals surface area (Å²) >= 11 is 2.09. The molecule has 1 atom stereocenters. The number of nitrogens with one attached hydrogen (secondary N) is 1. The van der Waals surface area contributed by atoms with E-state index in [1.165, 1.54) is 30.6 Å². The van der Waals surface area contributed by atoms with Gasteiger partial charge in [-0.05, 0) is 43.2 Å². The van der Waals surface area contributed by atoms with Crippen molar-refractivity contribution in [3.05, 3.63) is 23.8 Å². The maximum absolute atomic E-state index is 5.94. The van der Waals surface area contributed by atoms with E-state index in [-0.39, 0.29) is 0 Å². The third kappa shape index (κ3) is 3.08. The van der Waals surface area contributed by atoms with Crippen molar-refractivity contribution in [2.75, 3.05) is 23.3 Å². The van der Waals surface area contributed by atoms with Crippen molar-refractivity contribution in [3.8, 4) is 0 Å². The van der Waals surface area contributed by atoms with Crippen LogP contribution < -0.4 is 11.1 Å². The lowest BCUT2D eigenvalue weighted by Gasteiger charge is -2.22. The SMILES string of the molecule is Cc1ccc(N)c(NCC2CCCCS2)c1. The summed E-state index contributed by atoms with van der Waals surface area (Å²) in [6.45, 7) is 3.14. The molecule has 3 heteroatoms. The van der Waals surface area contributed by atoms with Crippen LogP contribution in [0.15, 0.2) is 18.2 Å². The fraction of sp³-hybridized carbons (Fsp3) is 0.538. The highest BCUT2D eigenvalue weighted by atomic mass is 32.2. The fourth-order valence-electron chi connectivity index (χ4n) is 2.02. The van der Waals surface area contributed by atoms with E-state index in [0.717, 1.165) is 23.2 Å². The van der Waals surface area contributed by atoms with Crippen LogP contribution in [0.4, 0.5) is 11.4 Å². The van der Waals surface area contributed by atoms with Gasteiger partial charge in [0.1, 0.15) is 0 Å². The molecule has 1 heterocycles. The second-order valence-electron chi connectivity index (χ2n) is 4.46. The molecule has 0 aliphatic carbocycles. The zero-order chi connectivity index (χ0) is 11.4. The van der Waals surface area contributed by atoms with Gasteiger partial charge in [0.05, 0.1) is 11.4 Å². The Morgan fingerprint density at radius 2 is 2.31 bits per heavy atom. The van der Waals surface area contributed by atoms with Crippen molar-refractivity contribution in [2.45, 2.75) is 31.4 Å². The van der Waals surface area contributed by atoms with E-state index in [2.05, 4.69) is 36.1 Å². The van der Waals surface area contributed by atoms with Gasteiger partial charge in [-0.3, -0.25) is 0 Å². The number of thioether (sulfide) groups is 1. The number of hydrogen-bond acceptors (Lipinski definition) is 3. The average Bonchev–Trinajstić information content (AvgIpc) is 2.32. The quantitative estimate of drug-likeness (QED) is 0.791. The van der Waals surface area contributed by atoms with Crippen molar-refractivity contribution in [2.24, 2.45) is 0 Å². The summed E-state index contributed by atoms with van der Waals surface area (Å²) in [6.07, 6.45) is 4.10. The van der Waals surface area contributed by atoms with E-state index in [9.17, 15) is 0 Å². The van der Waals surface area contributed by atoms with Gasteiger partial charge in [0.25, 0.3) is 0 Å². The summed E-state index contributed by atoms with van der Waals surface area (Å²) in [4.78, 5) is 0. The van der Waals surface area contributed by atoms with Crippen molar-refractivity contribution in [3.63, 3.8) is 0 Å². The maximum Gasteiger partial charge on any atom is 0.0576 e. The highest BCUT2D eigenvalue weighted by Gasteiger charge is 2.13. The Labute approximate surface area is 102 Å². The molecule has 0 aromatic heterocycles. The molecule has 0 saturated carbocycles. The third-order valence-corrected chi connectivity index (χ3v) is 4.40. The second-order valence-corrected chi connectivity index (χ2v) is 5.87. The normalized spacial score (nSPS) is 20.7. The summed E-state index contributed by atoms with van der Waals surface area (Å²) < 4.78 is 0. The molecule has 1 fully saturated rings. The van der Waals surface area contributed by atoms with Gasteiger partial charge < -0.3 is 11.1 Å². The van der Waals surface area contributed by atoms with Gasteiger partial charge in [-0.2, -0.15) is 11.8 Å². The monoisotopic (exact) mass is 236 g/mol. The molecule has 2 rings (SSSR count). The Bertz CT molecular complexity index is 346. The molecule has 1 aromatic rings. The van der Waals surface area contributed by atoms with Crippen LogP contribution in [0, 0.1) is 6.92 Å². The molecule has 1 unspecified atom stereocenters. The number of anilines is 2. The van der Waals surface area contributed by atoms with Crippen LogP contribution >= 0.6 is 11.8 Å². The molecule has 1 aliphatic rings. The zero-order valence-corrected chi connectivity index (χ0v) is 10.6. The van der Waals surface area contributed by atoms with Crippen LogP contribution in [-0.4, -0.2) is 17.5 Å². The average molecular weight is 236 g/mol. The lowest BCUT2D eigenvalue weighted by molar-refractivity contribution is 0.677. The largest absolute Gasteiger partial charge is 0.397 e. The molecule has 3 N–H and O–H groups in total. The Morgan fingerprint density at radius 1 is 1.44 bits per heavy atom. The molecule has 16 heavy (non-hydrogen) atoms. The van der Waals surface area contributed by atoms with Crippen LogP contribution in [0.2, 0.25) is 0 Å². The summed E-state index contributed by atoms with van der Waals surface area (Å²) in [6, 6.07) is 6.16. The highest BCUT2D eigenvalue weighted by Crippen LogP contribution is 2.26. The van der Waals surface area contributed by atoms with E-state index < -0.39 is 0 Å². The first-order chi connectivity index (χ1) is 7.75. The third-order valence-electron chi connectivity index (χ3n) is 3.00. The summed E-state index contributed by atoms with van der Waals surface area (Å²) in [7, 11) is 0. The second kappa shape index (κ2) is 5.48. The molecule has 88 valence electrons. The van der Waals surface area contributed by atoms with Gasteiger partial charge in [0.2, 0.25) is 0 Å². The smallest absolute Gasteiger partial charge is 0.0576 e. The van der Waals surface area contributed by atoms with E-state index >= 15 is 0 Å². The minimum absolute atomic E-state index is 0.758. The molecule has 0 amide bonds. The Hall–Kier alpha value is -0.830. The lowest BCUT2D eigenvalue weighted by atomic mass is 10.1. The number of aryl methyl sites for hydroxylation is 1. The van der Waals surface area contributed by atoms with Crippen LogP contribution in [0.3, 0.4) is 0 Å². The Kier molecular flexibility index (Phi) is 3.99. The molecule has 1 saturated heterocycles. The first-order valence-electron chi connectivity index (χ1n) is 5.97. The van der Waals surface area contributed by atoms with E-state index in [1.807, 2.05) is 6.07 Å². The molecular weight excluding hydrogens is 216 g/mol. The van der Waals surface area contributed by atoms with E-state index in [4.69, 9.17) is 5.73 Å². The molecule has 0 radical (unpaired) electrons. The zero-order valence-electron chi connectivity index (χ0n) is 9.83. The predicted molar refractivity (Wildman–Crippen MR) is 74.2 cm³/mol. The van der Waals surface area contributed by atoms with Gasteiger partial charge in [0.15, 0.2) is 0 Å². The first-order valence-corrected chi connectivity index (χ1v) is 7.02. The molecule has 0 spiro atoms. The maximum atomic E-state index is 5.94. The topological polar surface area (TPSA) is 38.0 Å². The number of nitrogen functional groups attached to an aromatic ring is 1. The summed E-state index contributed by atoms with van der Waals surface area (Å²) in [5, 5.41) is 4.24. The summed E-state index contributed by atoms with van der Waals surface area (Å²) in [5.41, 5.74) is 9.14. The fourth-order valence-corrected chi connectivity index (χ4v) is 3.25. The van der Waals surface area contributed by atoms with Crippen LogP contribution in [0.5, 0.6) is 0 Å². The van der Waals surface area contributed by atoms with Gasteiger partial charge in [-0.1, -0.05) is 12.5 Å². The lowest BCUT2D eigenvalue weighted by Crippen LogP contribution is -2.20. The Balaban J connectivity index is 1.90. The molecule has 1 aliphatic heterocycles. The number of benzene rings is 1. The number of nitrogens with two attached hydrogens (primary N) is 1. The van der Waals surface area contributed by atoms with Crippen LogP contribution in [0.1, 0.15) is 24.8 Å². The summed E-state index contributed by atoms with van der Waals surface area (Å²) in [5.74, 6) is 1.32. The molecule has 0 bridgehead atoms. The predicted octanol–water partition coefficient (Wildman–Crippen LogP) is 3.27. The molecule has 2 nitrogen and oxygen atoms in total. The van der Waals surface area contributed by atoms with Gasteiger partial charge in [-0.25, -0.2) is 0 Å². The van der Waals surface area contributed by atoms with Crippen molar-refractivity contribution >= 4 is 23.1 Å². The van der Waals surface area contributed by atoms with Crippen LogP contribution in [0.25, 0.3) is 0 Å². The van der Waals surface area contributed by atoms with Crippen molar-refractivity contribution in [1.82, 2.24) is 0 Å². The number of hydrogen-bond donors (Lipinski definition) is 2. The van der Waals surface area contributed by atoms with Gasteiger partial charge in [0, 0.05) is 11.8 Å². The number of rotatable bonds is 3. The van der Waals surface area contributed by atoms with Gasteiger partial charge >= 0.3 is 0 Å². The standard InChI is InChI=1S/C13H20N2S/c1-10-5-6-12(14)13(8-10)15-9-11-4-2-3-7-16-11/h5-6,8,11,15H,2-4,7,9,14H2,1H3. The minimum Gasteiger partial charge on any atom is -0.397 e.